The maximum absolute atomic E-state index is 5.43. The van der Waals surface area contributed by atoms with Gasteiger partial charge < -0.3 is 9.42 Å². The van der Waals surface area contributed by atoms with Gasteiger partial charge in [0.15, 0.2) is 5.58 Å². The number of anilines is 1. The Morgan fingerprint density at radius 3 is 2.85 bits per heavy atom. The molecule has 0 radical (unpaired) electrons. The van der Waals surface area contributed by atoms with Gasteiger partial charge in [-0.2, -0.15) is 0 Å². The second-order valence-corrected chi connectivity index (χ2v) is 7.56. The van der Waals surface area contributed by atoms with Crippen LogP contribution in [0.1, 0.15) is 11.3 Å². The fraction of sp³-hybridized carbons (Fsp3) is 0.316. The molecule has 0 N–H and O–H groups in total. The van der Waals surface area contributed by atoms with Crippen molar-refractivity contribution in [3.05, 3.63) is 47.2 Å². The number of rotatable bonds is 3. The van der Waals surface area contributed by atoms with Gasteiger partial charge in [0.25, 0.3) is 0 Å². The predicted molar refractivity (Wildman–Crippen MR) is 104 cm³/mol. The van der Waals surface area contributed by atoms with Gasteiger partial charge in [0, 0.05) is 38.1 Å². The molecule has 7 heteroatoms. The van der Waals surface area contributed by atoms with Crippen LogP contribution in [0, 0.1) is 6.92 Å². The molecule has 3 aromatic heterocycles. The van der Waals surface area contributed by atoms with Crippen molar-refractivity contribution < 1.29 is 4.52 Å². The molecule has 1 fully saturated rings. The van der Waals surface area contributed by atoms with Crippen molar-refractivity contribution in [3.63, 3.8) is 0 Å². The highest BCUT2D eigenvalue weighted by Crippen LogP contribution is 2.31. The molecule has 5 rings (SSSR count). The Morgan fingerprint density at radius 1 is 1.12 bits per heavy atom. The van der Waals surface area contributed by atoms with Crippen LogP contribution in [-0.4, -0.2) is 46.2 Å². The Bertz CT molecular complexity index is 1060. The van der Waals surface area contributed by atoms with Crippen LogP contribution < -0.4 is 4.90 Å². The van der Waals surface area contributed by atoms with Gasteiger partial charge in [-0.1, -0.05) is 17.3 Å². The molecule has 0 aliphatic carbocycles. The first-order chi connectivity index (χ1) is 12.8. The van der Waals surface area contributed by atoms with Gasteiger partial charge in [-0.15, -0.1) is 11.3 Å². The van der Waals surface area contributed by atoms with E-state index in [0.717, 1.165) is 60.7 Å². The third kappa shape index (κ3) is 2.64. The second-order valence-electron chi connectivity index (χ2n) is 6.68. The lowest BCUT2D eigenvalue weighted by atomic mass is 10.2. The van der Waals surface area contributed by atoms with Crippen LogP contribution in [0.5, 0.6) is 0 Å². The number of benzene rings is 1. The number of thiophene rings is 1. The zero-order valence-electron chi connectivity index (χ0n) is 14.6. The number of fused-ring (bicyclic) bond motifs is 2. The summed E-state index contributed by atoms with van der Waals surface area (Å²) < 4.78 is 6.62. The van der Waals surface area contributed by atoms with Gasteiger partial charge >= 0.3 is 0 Å². The molecule has 1 aliphatic rings. The van der Waals surface area contributed by atoms with Crippen LogP contribution in [0.15, 0.2) is 40.5 Å². The van der Waals surface area contributed by atoms with Crippen molar-refractivity contribution in [2.75, 3.05) is 31.1 Å². The molecule has 1 aliphatic heterocycles. The van der Waals surface area contributed by atoms with Gasteiger partial charge in [0.2, 0.25) is 0 Å². The highest BCUT2D eigenvalue weighted by atomic mass is 32.1. The summed E-state index contributed by atoms with van der Waals surface area (Å²) in [5.41, 5.74) is 4.19. The summed E-state index contributed by atoms with van der Waals surface area (Å²) in [6.45, 7) is 6.81. The van der Waals surface area contributed by atoms with Crippen LogP contribution in [-0.2, 0) is 6.54 Å². The van der Waals surface area contributed by atoms with E-state index >= 15 is 0 Å². The van der Waals surface area contributed by atoms with Gasteiger partial charge in [-0.3, -0.25) is 4.90 Å². The monoisotopic (exact) mass is 365 g/mol. The zero-order chi connectivity index (χ0) is 17.5. The fourth-order valence-corrected chi connectivity index (χ4v) is 4.58. The standard InChI is InChI=1S/C19H19N5OS/c1-13-11-26-18-17(13)20-12-21-19(18)24-8-6-23(7-9-24)10-15-14-4-2-3-5-16(14)25-22-15/h2-5,11-12H,6-10H2,1H3. The second kappa shape index (κ2) is 6.34. The lowest BCUT2D eigenvalue weighted by Crippen LogP contribution is -2.46. The van der Waals surface area contributed by atoms with E-state index in [9.17, 15) is 0 Å². The van der Waals surface area contributed by atoms with Gasteiger partial charge in [0.05, 0.1) is 10.2 Å². The molecule has 0 bridgehead atoms. The Labute approximate surface area is 155 Å². The lowest BCUT2D eigenvalue weighted by Gasteiger charge is -2.35. The van der Waals surface area contributed by atoms with Crippen molar-refractivity contribution in [1.29, 1.82) is 0 Å². The van der Waals surface area contributed by atoms with E-state index in [0.29, 0.717) is 0 Å². The van der Waals surface area contributed by atoms with Crippen molar-refractivity contribution in [2.24, 2.45) is 0 Å². The smallest absolute Gasteiger partial charge is 0.167 e. The van der Waals surface area contributed by atoms with E-state index in [2.05, 4.69) is 43.3 Å². The summed E-state index contributed by atoms with van der Waals surface area (Å²) in [7, 11) is 0. The summed E-state index contributed by atoms with van der Waals surface area (Å²) >= 11 is 1.74. The summed E-state index contributed by atoms with van der Waals surface area (Å²) in [4.78, 5) is 13.8. The number of para-hydroxylation sites is 1. The topological polar surface area (TPSA) is 58.3 Å². The van der Waals surface area contributed by atoms with Crippen molar-refractivity contribution in [3.8, 4) is 0 Å². The molecular formula is C19H19N5OS. The van der Waals surface area contributed by atoms with E-state index in [1.54, 1.807) is 17.7 Å². The van der Waals surface area contributed by atoms with Crippen LogP contribution in [0.2, 0.25) is 0 Å². The number of hydrogen-bond donors (Lipinski definition) is 0. The summed E-state index contributed by atoms with van der Waals surface area (Å²) in [5, 5.41) is 7.54. The Morgan fingerprint density at radius 2 is 1.96 bits per heavy atom. The highest BCUT2D eigenvalue weighted by molar-refractivity contribution is 7.18. The fourth-order valence-electron chi connectivity index (χ4n) is 3.56. The maximum atomic E-state index is 5.43. The SMILES string of the molecule is Cc1csc2c(N3CCN(Cc4noc5ccccc45)CC3)ncnc12. The summed E-state index contributed by atoms with van der Waals surface area (Å²) in [6.07, 6.45) is 1.69. The Balaban J connectivity index is 1.31. The van der Waals surface area contributed by atoms with Gasteiger partial charge in [0.1, 0.15) is 17.8 Å². The quantitative estimate of drug-likeness (QED) is 0.554. The zero-order valence-corrected chi connectivity index (χ0v) is 15.4. The molecule has 6 nitrogen and oxygen atoms in total. The molecule has 0 spiro atoms. The van der Waals surface area contributed by atoms with Crippen LogP contribution >= 0.6 is 11.3 Å². The van der Waals surface area contributed by atoms with Crippen molar-refractivity contribution in [2.45, 2.75) is 13.5 Å². The average molecular weight is 365 g/mol. The molecular weight excluding hydrogens is 346 g/mol. The molecule has 4 heterocycles. The third-order valence-corrected chi connectivity index (χ3v) is 6.09. The largest absolute Gasteiger partial charge is 0.356 e. The lowest BCUT2D eigenvalue weighted by molar-refractivity contribution is 0.243. The minimum absolute atomic E-state index is 0.822. The minimum Gasteiger partial charge on any atom is -0.356 e. The molecule has 132 valence electrons. The number of hydrogen-bond acceptors (Lipinski definition) is 7. The minimum atomic E-state index is 0.822. The molecule has 0 atom stereocenters. The van der Waals surface area contributed by atoms with Crippen molar-refractivity contribution >= 4 is 38.3 Å². The summed E-state index contributed by atoms with van der Waals surface area (Å²) in [5.74, 6) is 1.07. The highest BCUT2D eigenvalue weighted by Gasteiger charge is 2.22. The van der Waals surface area contributed by atoms with Crippen LogP contribution in [0.25, 0.3) is 21.2 Å². The van der Waals surface area contributed by atoms with Crippen LogP contribution in [0.3, 0.4) is 0 Å². The molecule has 1 aromatic carbocycles. The maximum Gasteiger partial charge on any atom is 0.167 e. The molecule has 1 saturated heterocycles. The summed E-state index contributed by atoms with van der Waals surface area (Å²) in [6, 6.07) is 8.05. The number of piperazine rings is 1. The van der Waals surface area contributed by atoms with E-state index in [1.165, 1.54) is 10.3 Å². The van der Waals surface area contributed by atoms with Crippen molar-refractivity contribution in [1.82, 2.24) is 20.0 Å². The first-order valence-corrected chi connectivity index (χ1v) is 9.67. The number of aryl methyl sites for hydroxylation is 1. The van der Waals surface area contributed by atoms with E-state index in [4.69, 9.17) is 4.52 Å². The number of aromatic nitrogens is 3. The first-order valence-electron chi connectivity index (χ1n) is 8.79. The van der Waals surface area contributed by atoms with E-state index < -0.39 is 0 Å². The van der Waals surface area contributed by atoms with Gasteiger partial charge in [-0.05, 0) is 30.0 Å². The van der Waals surface area contributed by atoms with Crippen LogP contribution in [0.4, 0.5) is 5.82 Å². The molecule has 0 unspecified atom stereocenters. The number of nitrogens with zero attached hydrogens (tertiary/aromatic N) is 5. The van der Waals surface area contributed by atoms with E-state index in [-0.39, 0.29) is 0 Å². The Hall–Kier alpha value is -2.51. The first kappa shape index (κ1) is 15.7. The molecule has 0 amide bonds. The van der Waals surface area contributed by atoms with E-state index in [1.807, 2.05) is 18.2 Å². The molecule has 0 saturated carbocycles. The predicted octanol–water partition coefficient (Wildman–Crippen LogP) is 3.46. The van der Waals surface area contributed by atoms with Gasteiger partial charge in [-0.25, -0.2) is 9.97 Å². The normalized spacial score (nSPS) is 16.0. The Kier molecular flexibility index (Phi) is 3.83. The molecule has 4 aromatic rings. The molecule has 26 heavy (non-hydrogen) atoms. The third-order valence-electron chi connectivity index (χ3n) is 5.01. The average Bonchev–Trinajstić information content (AvgIpc) is 3.27.